The fourth-order valence-electron chi connectivity index (χ4n) is 4.80. The van der Waals surface area contributed by atoms with E-state index in [0.717, 1.165) is 59.4 Å². The van der Waals surface area contributed by atoms with Crippen LogP contribution in [0.15, 0.2) is 0 Å². The van der Waals surface area contributed by atoms with E-state index in [-0.39, 0.29) is 24.7 Å². The van der Waals surface area contributed by atoms with Gasteiger partial charge in [-0.05, 0) is 61.5 Å². The van der Waals surface area contributed by atoms with Gasteiger partial charge in [-0.2, -0.15) is 0 Å². The average molecular weight is 503 g/mol. The lowest BCUT2D eigenvalue weighted by Gasteiger charge is -2.18. The summed E-state index contributed by atoms with van der Waals surface area (Å²) < 4.78 is 0. The minimum Gasteiger partial charge on any atom is -0.365 e. The van der Waals surface area contributed by atoms with Gasteiger partial charge in [-0.25, -0.2) is 0 Å². The highest BCUT2D eigenvalue weighted by atomic mass is 32.1. The molecule has 2 heterocycles. The van der Waals surface area contributed by atoms with Gasteiger partial charge in [0.2, 0.25) is 11.8 Å². The van der Waals surface area contributed by atoms with Crippen LogP contribution in [0.2, 0.25) is 0 Å². The van der Waals surface area contributed by atoms with Gasteiger partial charge in [0, 0.05) is 22.6 Å². The third-order valence-corrected chi connectivity index (χ3v) is 8.94. The molecule has 0 aromatic carbocycles. The number of rotatable bonds is 7. The van der Waals surface area contributed by atoms with Gasteiger partial charge in [-0.1, -0.05) is 13.8 Å². The summed E-state index contributed by atoms with van der Waals surface area (Å²) >= 11 is 2.79. The van der Waals surface area contributed by atoms with Crippen molar-refractivity contribution in [3.63, 3.8) is 0 Å². The molecule has 182 valence electrons. The number of thiophene rings is 2. The second-order valence-corrected chi connectivity index (χ2v) is 11.6. The summed E-state index contributed by atoms with van der Waals surface area (Å²) in [5, 5.41) is 6.50. The smallest absolute Gasteiger partial charge is 0.251 e. The van der Waals surface area contributed by atoms with E-state index in [1.807, 2.05) is 0 Å². The van der Waals surface area contributed by atoms with Crippen molar-refractivity contribution >= 4 is 56.3 Å². The first kappa shape index (κ1) is 24.4. The van der Waals surface area contributed by atoms with Crippen LogP contribution in [0.5, 0.6) is 0 Å². The van der Waals surface area contributed by atoms with Crippen molar-refractivity contribution in [1.29, 1.82) is 0 Å². The molecule has 0 aliphatic heterocycles. The average Bonchev–Trinajstić information content (AvgIpc) is 3.28. The number of hydrogen-bond acceptors (Lipinski definition) is 6. The van der Waals surface area contributed by atoms with Crippen molar-refractivity contribution in [2.75, 3.05) is 10.6 Å². The Balaban J connectivity index is 1.40. The molecule has 2 aliphatic carbocycles. The zero-order valence-electron chi connectivity index (χ0n) is 19.4. The SMILES string of the molecule is C[C@H]1CCc2c(sc(NC(=O)CCC(=O)Nc3sc4c(c3C(N)=O)CC[C@H](C)C4)c2C(N)=O)C1. The summed E-state index contributed by atoms with van der Waals surface area (Å²) in [4.78, 5) is 51.5. The van der Waals surface area contributed by atoms with Crippen LogP contribution in [0.1, 0.15) is 81.1 Å². The fraction of sp³-hybridized carbons (Fsp3) is 0.500. The van der Waals surface area contributed by atoms with Crippen molar-refractivity contribution < 1.29 is 19.2 Å². The lowest BCUT2D eigenvalue weighted by molar-refractivity contribution is -0.121. The van der Waals surface area contributed by atoms with Gasteiger partial charge >= 0.3 is 0 Å². The molecule has 0 unspecified atom stereocenters. The summed E-state index contributed by atoms with van der Waals surface area (Å²) in [6.07, 6.45) is 5.12. The number of primary amides is 2. The maximum Gasteiger partial charge on any atom is 0.251 e. The Bertz CT molecular complexity index is 1080. The molecular weight excluding hydrogens is 472 g/mol. The minimum absolute atomic E-state index is 0.0585. The lowest BCUT2D eigenvalue weighted by Crippen LogP contribution is -2.21. The van der Waals surface area contributed by atoms with Crippen molar-refractivity contribution in [3.8, 4) is 0 Å². The number of fused-ring (bicyclic) bond motifs is 2. The van der Waals surface area contributed by atoms with Crippen LogP contribution in [-0.4, -0.2) is 23.6 Å². The van der Waals surface area contributed by atoms with Crippen LogP contribution < -0.4 is 22.1 Å². The van der Waals surface area contributed by atoms with Crippen molar-refractivity contribution in [1.82, 2.24) is 0 Å². The van der Waals surface area contributed by atoms with E-state index in [2.05, 4.69) is 24.5 Å². The molecule has 2 aliphatic rings. The number of carbonyl (C=O) groups is 4. The summed E-state index contributed by atoms with van der Waals surface area (Å²) in [5.74, 6) is -0.770. The molecule has 10 heteroatoms. The Morgan fingerprint density at radius 2 is 1.15 bits per heavy atom. The summed E-state index contributed by atoms with van der Waals surface area (Å²) in [7, 11) is 0. The van der Waals surface area contributed by atoms with Gasteiger partial charge in [-0.15, -0.1) is 22.7 Å². The Hall–Kier alpha value is -2.72. The summed E-state index contributed by atoms with van der Waals surface area (Å²) in [6, 6.07) is 0. The first-order valence-electron chi connectivity index (χ1n) is 11.6. The van der Waals surface area contributed by atoms with Crippen LogP contribution in [0.25, 0.3) is 0 Å². The van der Waals surface area contributed by atoms with Crippen LogP contribution >= 0.6 is 22.7 Å². The van der Waals surface area contributed by atoms with E-state index in [9.17, 15) is 19.2 Å². The Kier molecular flexibility index (Phi) is 7.09. The van der Waals surface area contributed by atoms with Gasteiger partial charge in [0.05, 0.1) is 11.1 Å². The van der Waals surface area contributed by atoms with E-state index >= 15 is 0 Å². The molecular formula is C24H30N4O4S2. The molecule has 2 atom stereocenters. The molecule has 4 amide bonds. The highest BCUT2D eigenvalue weighted by Crippen LogP contribution is 2.40. The maximum absolute atomic E-state index is 12.6. The first-order valence-corrected chi connectivity index (χ1v) is 13.3. The highest BCUT2D eigenvalue weighted by molar-refractivity contribution is 7.17. The van der Waals surface area contributed by atoms with E-state index in [1.54, 1.807) is 0 Å². The monoisotopic (exact) mass is 502 g/mol. The van der Waals surface area contributed by atoms with Gasteiger partial charge in [0.15, 0.2) is 0 Å². The normalized spacial score (nSPS) is 19.1. The lowest BCUT2D eigenvalue weighted by atomic mass is 9.88. The molecule has 2 aromatic heterocycles. The number of amides is 4. The predicted octanol–water partition coefficient (Wildman–Crippen LogP) is 3.61. The molecule has 6 N–H and O–H groups in total. The zero-order valence-corrected chi connectivity index (χ0v) is 21.0. The number of carbonyl (C=O) groups excluding carboxylic acids is 4. The molecule has 0 radical (unpaired) electrons. The second-order valence-electron chi connectivity index (χ2n) is 9.44. The second kappa shape index (κ2) is 9.87. The Labute approximate surface area is 206 Å². The quantitative estimate of drug-likeness (QED) is 0.458. The van der Waals surface area contributed by atoms with Crippen LogP contribution in [0, 0.1) is 11.8 Å². The molecule has 0 fully saturated rings. The number of nitrogens with one attached hydrogen (secondary N) is 2. The summed E-state index contributed by atoms with van der Waals surface area (Å²) in [6.45, 7) is 4.33. The highest BCUT2D eigenvalue weighted by Gasteiger charge is 2.29. The predicted molar refractivity (Wildman–Crippen MR) is 135 cm³/mol. The van der Waals surface area contributed by atoms with E-state index in [0.29, 0.717) is 33.0 Å². The molecule has 0 saturated heterocycles. The third-order valence-electron chi connectivity index (χ3n) is 6.60. The maximum atomic E-state index is 12.6. The molecule has 0 spiro atoms. The molecule has 4 rings (SSSR count). The van der Waals surface area contributed by atoms with Crippen molar-refractivity contribution in [3.05, 3.63) is 32.0 Å². The minimum atomic E-state index is -0.546. The molecule has 0 saturated carbocycles. The standard InChI is InChI=1S/C24H30N4O4S2/c1-11-3-5-13-15(9-11)33-23(19(13)21(25)31)27-17(29)7-8-18(30)28-24-20(22(26)32)14-6-4-12(2)10-16(14)34-24/h11-12H,3-10H2,1-2H3,(H2,25,31)(H2,26,32)(H,27,29)(H,28,30)/t11-,12-/m0/s1. The number of anilines is 2. The molecule has 8 nitrogen and oxygen atoms in total. The van der Waals surface area contributed by atoms with Crippen molar-refractivity contribution in [2.45, 2.75) is 65.2 Å². The largest absolute Gasteiger partial charge is 0.365 e. The zero-order chi connectivity index (χ0) is 24.6. The third kappa shape index (κ3) is 5.02. The topological polar surface area (TPSA) is 144 Å². The van der Waals surface area contributed by atoms with Gasteiger partial charge in [-0.3, -0.25) is 19.2 Å². The van der Waals surface area contributed by atoms with Crippen LogP contribution in [0.4, 0.5) is 10.0 Å². The van der Waals surface area contributed by atoms with Gasteiger partial charge in [0.25, 0.3) is 11.8 Å². The Morgan fingerprint density at radius 1 is 0.765 bits per heavy atom. The first-order chi connectivity index (χ1) is 16.1. The number of nitrogens with two attached hydrogens (primary N) is 2. The van der Waals surface area contributed by atoms with E-state index in [1.165, 1.54) is 22.7 Å². The summed E-state index contributed by atoms with van der Waals surface area (Å²) in [5.41, 5.74) is 13.9. The van der Waals surface area contributed by atoms with Gasteiger partial charge < -0.3 is 22.1 Å². The van der Waals surface area contributed by atoms with Crippen molar-refractivity contribution in [2.24, 2.45) is 23.3 Å². The van der Waals surface area contributed by atoms with Crippen LogP contribution in [-0.2, 0) is 35.3 Å². The van der Waals surface area contributed by atoms with E-state index < -0.39 is 11.8 Å². The molecule has 2 aromatic rings. The van der Waals surface area contributed by atoms with E-state index in [4.69, 9.17) is 11.5 Å². The molecule has 34 heavy (non-hydrogen) atoms. The fourth-order valence-corrected chi connectivity index (χ4v) is 7.67. The van der Waals surface area contributed by atoms with Gasteiger partial charge in [0.1, 0.15) is 10.0 Å². The molecule has 0 bridgehead atoms. The Morgan fingerprint density at radius 3 is 1.50 bits per heavy atom. The van der Waals surface area contributed by atoms with Crippen LogP contribution in [0.3, 0.4) is 0 Å². The number of hydrogen-bond donors (Lipinski definition) is 4.